The van der Waals surface area contributed by atoms with Crippen LogP contribution < -0.4 is 4.74 Å². The minimum atomic E-state index is 0.691. The number of aromatic nitrogens is 2. The van der Waals surface area contributed by atoms with Gasteiger partial charge in [-0.1, -0.05) is 78.9 Å². The van der Waals surface area contributed by atoms with Crippen molar-refractivity contribution < 1.29 is 4.74 Å². The van der Waals surface area contributed by atoms with Crippen molar-refractivity contribution in [1.29, 1.82) is 0 Å². The van der Waals surface area contributed by atoms with Gasteiger partial charge in [-0.3, -0.25) is 0 Å². The van der Waals surface area contributed by atoms with Crippen molar-refractivity contribution in [2.45, 2.75) is 6.42 Å². The third kappa shape index (κ3) is 3.24. The number of nitrogens with zero attached hydrogens (tertiary/aromatic N) is 1. The van der Waals surface area contributed by atoms with E-state index in [-0.39, 0.29) is 0 Å². The Labute approximate surface area is 153 Å². The standard InChI is InChI=1S/C23H20N2O/c1-26-20-15-9-8-14-19(20)16-21-24-22(17-10-4-2-5-11-17)23(25-21)18-12-6-3-7-13-18/h2-15H,16H2,1H3,(H,24,25). The maximum Gasteiger partial charge on any atom is 0.122 e. The monoisotopic (exact) mass is 340 g/mol. The van der Waals surface area contributed by atoms with Crippen molar-refractivity contribution in [3.8, 4) is 28.3 Å². The molecule has 3 heteroatoms. The fourth-order valence-electron chi connectivity index (χ4n) is 3.15. The van der Waals surface area contributed by atoms with Crippen LogP contribution in [0.5, 0.6) is 5.75 Å². The zero-order valence-corrected chi connectivity index (χ0v) is 14.6. The molecule has 1 heterocycles. The summed E-state index contributed by atoms with van der Waals surface area (Å²) < 4.78 is 5.48. The average Bonchev–Trinajstić information content (AvgIpc) is 3.13. The molecule has 0 spiro atoms. The summed E-state index contributed by atoms with van der Waals surface area (Å²) >= 11 is 0. The Kier molecular flexibility index (Phi) is 4.52. The van der Waals surface area contributed by atoms with Crippen LogP contribution in [0.3, 0.4) is 0 Å². The minimum absolute atomic E-state index is 0.691. The molecule has 0 fully saturated rings. The number of ether oxygens (including phenoxy) is 1. The molecule has 1 N–H and O–H groups in total. The van der Waals surface area contributed by atoms with Gasteiger partial charge in [-0.15, -0.1) is 0 Å². The van der Waals surface area contributed by atoms with E-state index < -0.39 is 0 Å². The number of para-hydroxylation sites is 1. The third-order valence-corrected chi connectivity index (χ3v) is 4.41. The molecule has 3 aromatic carbocycles. The van der Waals surface area contributed by atoms with Gasteiger partial charge in [0, 0.05) is 23.1 Å². The summed E-state index contributed by atoms with van der Waals surface area (Å²) in [6.07, 6.45) is 0.691. The van der Waals surface area contributed by atoms with E-state index in [1.807, 2.05) is 54.6 Å². The summed E-state index contributed by atoms with van der Waals surface area (Å²) in [6.45, 7) is 0. The number of nitrogens with one attached hydrogen (secondary N) is 1. The SMILES string of the molecule is COc1ccccc1Cc1nc(-c2ccccc2)c(-c2ccccc2)[nH]1. The number of rotatable bonds is 5. The van der Waals surface area contributed by atoms with Gasteiger partial charge in [0.1, 0.15) is 11.6 Å². The first-order chi connectivity index (χ1) is 12.8. The second-order valence-corrected chi connectivity index (χ2v) is 6.13. The second-order valence-electron chi connectivity index (χ2n) is 6.13. The Morgan fingerprint density at radius 1 is 0.769 bits per heavy atom. The Hall–Kier alpha value is -3.33. The normalized spacial score (nSPS) is 10.7. The molecule has 0 saturated carbocycles. The molecule has 0 aliphatic heterocycles. The zero-order valence-electron chi connectivity index (χ0n) is 14.6. The smallest absolute Gasteiger partial charge is 0.122 e. The molecule has 0 aliphatic carbocycles. The van der Waals surface area contributed by atoms with Gasteiger partial charge in [-0.05, 0) is 6.07 Å². The molecule has 0 saturated heterocycles. The lowest BCUT2D eigenvalue weighted by molar-refractivity contribution is 0.410. The number of hydrogen-bond acceptors (Lipinski definition) is 2. The van der Waals surface area contributed by atoms with E-state index in [0.717, 1.165) is 39.7 Å². The third-order valence-electron chi connectivity index (χ3n) is 4.41. The average molecular weight is 340 g/mol. The van der Waals surface area contributed by atoms with Crippen molar-refractivity contribution in [2.75, 3.05) is 7.11 Å². The highest BCUT2D eigenvalue weighted by Gasteiger charge is 2.15. The molecule has 0 bridgehead atoms. The van der Waals surface area contributed by atoms with E-state index in [4.69, 9.17) is 9.72 Å². The van der Waals surface area contributed by atoms with Crippen LogP contribution in [0.4, 0.5) is 0 Å². The zero-order chi connectivity index (χ0) is 17.8. The summed E-state index contributed by atoms with van der Waals surface area (Å²) in [4.78, 5) is 8.45. The molecule has 4 aromatic rings. The van der Waals surface area contributed by atoms with Crippen LogP contribution in [-0.4, -0.2) is 17.1 Å². The van der Waals surface area contributed by atoms with Gasteiger partial charge in [0.15, 0.2) is 0 Å². The lowest BCUT2D eigenvalue weighted by Gasteiger charge is -2.06. The Balaban J connectivity index is 1.79. The molecule has 3 nitrogen and oxygen atoms in total. The maximum atomic E-state index is 5.48. The number of methoxy groups -OCH3 is 1. The lowest BCUT2D eigenvalue weighted by atomic mass is 10.1. The summed E-state index contributed by atoms with van der Waals surface area (Å²) in [7, 11) is 1.70. The van der Waals surface area contributed by atoms with Crippen molar-refractivity contribution in [3.05, 3.63) is 96.3 Å². The van der Waals surface area contributed by atoms with Gasteiger partial charge in [0.2, 0.25) is 0 Å². The summed E-state index contributed by atoms with van der Waals surface area (Å²) in [5.41, 5.74) is 5.37. The molecule has 128 valence electrons. The highest BCUT2D eigenvalue weighted by atomic mass is 16.5. The first-order valence-corrected chi connectivity index (χ1v) is 8.67. The number of imidazole rings is 1. The highest BCUT2D eigenvalue weighted by Crippen LogP contribution is 2.31. The number of aromatic amines is 1. The van der Waals surface area contributed by atoms with Gasteiger partial charge < -0.3 is 9.72 Å². The predicted molar refractivity (Wildman–Crippen MR) is 105 cm³/mol. The Morgan fingerprint density at radius 2 is 1.38 bits per heavy atom. The molecular formula is C23H20N2O. The molecule has 1 aromatic heterocycles. The van der Waals surface area contributed by atoms with E-state index in [1.165, 1.54) is 0 Å². The molecule has 4 rings (SSSR count). The Morgan fingerprint density at radius 3 is 2.08 bits per heavy atom. The van der Waals surface area contributed by atoms with Crippen LogP contribution in [0, 0.1) is 0 Å². The van der Waals surface area contributed by atoms with Crippen LogP contribution in [-0.2, 0) is 6.42 Å². The molecule has 26 heavy (non-hydrogen) atoms. The molecular weight excluding hydrogens is 320 g/mol. The van der Waals surface area contributed by atoms with E-state index >= 15 is 0 Å². The molecule has 0 radical (unpaired) electrons. The number of hydrogen-bond donors (Lipinski definition) is 1. The second kappa shape index (κ2) is 7.28. The summed E-state index contributed by atoms with van der Waals surface area (Å²) in [5.74, 6) is 1.80. The largest absolute Gasteiger partial charge is 0.496 e. The van der Waals surface area contributed by atoms with Gasteiger partial charge in [0.05, 0.1) is 18.5 Å². The molecule has 0 atom stereocenters. The van der Waals surface area contributed by atoms with Gasteiger partial charge in [-0.2, -0.15) is 0 Å². The summed E-state index contributed by atoms with van der Waals surface area (Å²) in [6, 6.07) is 28.7. The van der Waals surface area contributed by atoms with Crippen LogP contribution in [0.1, 0.15) is 11.4 Å². The van der Waals surface area contributed by atoms with E-state index in [9.17, 15) is 0 Å². The van der Waals surface area contributed by atoms with Crippen molar-refractivity contribution >= 4 is 0 Å². The maximum absolute atomic E-state index is 5.48. The fraction of sp³-hybridized carbons (Fsp3) is 0.0870. The first-order valence-electron chi connectivity index (χ1n) is 8.67. The van der Waals surface area contributed by atoms with E-state index in [1.54, 1.807) is 7.11 Å². The van der Waals surface area contributed by atoms with Crippen molar-refractivity contribution in [2.24, 2.45) is 0 Å². The topological polar surface area (TPSA) is 37.9 Å². The van der Waals surface area contributed by atoms with E-state index in [2.05, 4.69) is 35.3 Å². The van der Waals surface area contributed by atoms with Crippen LogP contribution in [0.2, 0.25) is 0 Å². The molecule has 0 aliphatic rings. The quantitative estimate of drug-likeness (QED) is 0.532. The fourth-order valence-corrected chi connectivity index (χ4v) is 3.15. The Bertz CT molecular complexity index is 934. The van der Waals surface area contributed by atoms with Crippen LogP contribution >= 0.6 is 0 Å². The van der Waals surface area contributed by atoms with Crippen molar-refractivity contribution in [3.63, 3.8) is 0 Å². The first kappa shape index (κ1) is 16.2. The van der Waals surface area contributed by atoms with Gasteiger partial charge in [0.25, 0.3) is 0 Å². The predicted octanol–water partition coefficient (Wildman–Crippen LogP) is 5.34. The minimum Gasteiger partial charge on any atom is -0.496 e. The number of H-pyrrole nitrogens is 1. The molecule has 0 amide bonds. The summed E-state index contributed by atoms with van der Waals surface area (Å²) in [5, 5.41) is 0. The van der Waals surface area contributed by atoms with Gasteiger partial charge >= 0.3 is 0 Å². The van der Waals surface area contributed by atoms with Crippen LogP contribution in [0.25, 0.3) is 22.5 Å². The lowest BCUT2D eigenvalue weighted by Crippen LogP contribution is -1.95. The number of benzene rings is 3. The van der Waals surface area contributed by atoms with E-state index in [0.29, 0.717) is 6.42 Å². The van der Waals surface area contributed by atoms with Crippen molar-refractivity contribution in [1.82, 2.24) is 9.97 Å². The van der Waals surface area contributed by atoms with Crippen LogP contribution in [0.15, 0.2) is 84.9 Å². The van der Waals surface area contributed by atoms with Gasteiger partial charge in [-0.25, -0.2) is 4.98 Å². The highest BCUT2D eigenvalue weighted by molar-refractivity contribution is 5.78. The molecule has 0 unspecified atom stereocenters.